The number of carbonyl (C=O) groups is 1. The first kappa shape index (κ1) is 11.5. The highest BCUT2D eigenvalue weighted by Crippen LogP contribution is 2.21. The van der Waals surface area contributed by atoms with Crippen LogP contribution in [-0.4, -0.2) is 29.4 Å². The number of nitrogens with one attached hydrogen (secondary N) is 1. The molecule has 0 bridgehead atoms. The molecule has 82 valence electrons. The van der Waals surface area contributed by atoms with Gasteiger partial charge < -0.3 is 0 Å². The average Bonchev–Trinajstić information content (AvgIpc) is 2.60. The van der Waals surface area contributed by atoms with Gasteiger partial charge in [-0.05, 0) is 32.7 Å². The van der Waals surface area contributed by atoms with Crippen LogP contribution in [0.4, 0.5) is 0 Å². The number of hydrogen-bond donors (Lipinski definition) is 2. The van der Waals surface area contributed by atoms with Crippen molar-refractivity contribution in [2.45, 2.75) is 51.6 Å². The number of hydrogen-bond acceptors (Lipinski definition) is 3. The molecule has 4 nitrogen and oxygen atoms in total. The van der Waals surface area contributed by atoms with Crippen molar-refractivity contribution in [3.05, 3.63) is 0 Å². The fraction of sp³-hybridized carbons (Fsp3) is 0.900. The first-order chi connectivity index (χ1) is 6.70. The maximum Gasteiger partial charge on any atom is 0.251 e. The standard InChI is InChI=1S/C10H21N3O/c1-3-5-9(10(14)12-11)13-7-4-6-8(13)2/h8-9H,3-7,11H2,1-2H3,(H,12,14). The Hall–Kier alpha value is -0.610. The van der Waals surface area contributed by atoms with Crippen molar-refractivity contribution in [1.29, 1.82) is 0 Å². The molecule has 1 rings (SSSR count). The van der Waals surface area contributed by atoms with Crippen LogP contribution in [0.5, 0.6) is 0 Å². The van der Waals surface area contributed by atoms with Crippen molar-refractivity contribution in [2.24, 2.45) is 5.84 Å². The van der Waals surface area contributed by atoms with Crippen molar-refractivity contribution in [1.82, 2.24) is 10.3 Å². The van der Waals surface area contributed by atoms with E-state index in [0.717, 1.165) is 19.4 Å². The molecular weight excluding hydrogens is 178 g/mol. The second-order valence-electron chi connectivity index (χ2n) is 4.04. The van der Waals surface area contributed by atoms with Crippen molar-refractivity contribution in [3.63, 3.8) is 0 Å². The fourth-order valence-corrected chi connectivity index (χ4v) is 2.24. The summed E-state index contributed by atoms with van der Waals surface area (Å²) in [5.41, 5.74) is 2.27. The van der Waals surface area contributed by atoms with Gasteiger partial charge in [0.05, 0.1) is 6.04 Å². The molecule has 1 aliphatic heterocycles. The van der Waals surface area contributed by atoms with Gasteiger partial charge in [0, 0.05) is 6.04 Å². The molecule has 0 aromatic carbocycles. The molecule has 0 aromatic rings. The third-order valence-corrected chi connectivity index (χ3v) is 3.01. The lowest BCUT2D eigenvalue weighted by Gasteiger charge is -2.29. The molecule has 1 fully saturated rings. The van der Waals surface area contributed by atoms with Crippen LogP contribution < -0.4 is 11.3 Å². The number of rotatable bonds is 4. The highest BCUT2D eigenvalue weighted by Gasteiger charge is 2.31. The van der Waals surface area contributed by atoms with Crippen LogP contribution >= 0.6 is 0 Å². The third-order valence-electron chi connectivity index (χ3n) is 3.01. The summed E-state index contributed by atoms with van der Waals surface area (Å²) >= 11 is 0. The van der Waals surface area contributed by atoms with E-state index in [1.54, 1.807) is 0 Å². The zero-order valence-electron chi connectivity index (χ0n) is 9.12. The summed E-state index contributed by atoms with van der Waals surface area (Å²) in [6, 6.07) is 0.492. The third kappa shape index (κ3) is 2.45. The van der Waals surface area contributed by atoms with E-state index in [-0.39, 0.29) is 11.9 Å². The molecule has 1 heterocycles. The van der Waals surface area contributed by atoms with Crippen LogP contribution in [0.2, 0.25) is 0 Å². The van der Waals surface area contributed by atoms with Crippen LogP contribution in [0.3, 0.4) is 0 Å². The van der Waals surface area contributed by atoms with E-state index in [1.807, 2.05) is 0 Å². The van der Waals surface area contributed by atoms with Crippen LogP contribution in [0.1, 0.15) is 39.5 Å². The molecule has 0 saturated carbocycles. The van der Waals surface area contributed by atoms with Gasteiger partial charge in [0.15, 0.2) is 0 Å². The van der Waals surface area contributed by atoms with E-state index in [4.69, 9.17) is 5.84 Å². The Morgan fingerprint density at radius 3 is 2.86 bits per heavy atom. The highest BCUT2D eigenvalue weighted by atomic mass is 16.2. The molecule has 1 amide bonds. The maximum absolute atomic E-state index is 11.6. The average molecular weight is 199 g/mol. The Labute approximate surface area is 85.8 Å². The molecule has 0 radical (unpaired) electrons. The number of nitrogens with zero attached hydrogens (tertiary/aromatic N) is 1. The van der Waals surface area contributed by atoms with E-state index in [9.17, 15) is 4.79 Å². The van der Waals surface area contributed by atoms with E-state index < -0.39 is 0 Å². The van der Waals surface area contributed by atoms with Gasteiger partial charge in [-0.25, -0.2) is 5.84 Å². The number of hydrazine groups is 1. The smallest absolute Gasteiger partial charge is 0.251 e. The van der Waals surface area contributed by atoms with Crippen LogP contribution in [-0.2, 0) is 4.79 Å². The zero-order chi connectivity index (χ0) is 10.6. The molecule has 0 spiro atoms. The number of amides is 1. The van der Waals surface area contributed by atoms with E-state index in [2.05, 4.69) is 24.2 Å². The van der Waals surface area contributed by atoms with Gasteiger partial charge >= 0.3 is 0 Å². The Kier molecular flexibility index (Phi) is 4.35. The number of carbonyl (C=O) groups excluding carboxylic acids is 1. The second-order valence-corrected chi connectivity index (χ2v) is 4.04. The van der Waals surface area contributed by atoms with Gasteiger partial charge in [-0.3, -0.25) is 15.1 Å². The van der Waals surface area contributed by atoms with Gasteiger partial charge in [-0.15, -0.1) is 0 Å². The molecule has 4 heteroatoms. The molecule has 0 aliphatic carbocycles. The molecule has 1 saturated heterocycles. The minimum Gasteiger partial charge on any atom is -0.293 e. The fourth-order valence-electron chi connectivity index (χ4n) is 2.24. The topological polar surface area (TPSA) is 58.4 Å². The van der Waals surface area contributed by atoms with Crippen molar-refractivity contribution < 1.29 is 4.79 Å². The molecule has 1 aliphatic rings. The minimum atomic E-state index is -0.0411. The summed E-state index contributed by atoms with van der Waals surface area (Å²) in [6.45, 7) is 5.30. The molecule has 2 unspecified atom stereocenters. The second kappa shape index (κ2) is 5.32. The summed E-state index contributed by atoms with van der Waals surface area (Å²) in [5, 5.41) is 0. The Morgan fingerprint density at radius 2 is 2.43 bits per heavy atom. The number of likely N-dealkylation sites (tertiary alicyclic amines) is 1. The minimum absolute atomic E-state index is 0.0255. The first-order valence-electron chi connectivity index (χ1n) is 5.47. The molecule has 0 aromatic heterocycles. The lowest BCUT2D eigenvalue weighted by atomic mass is 10.1. The van der Waals surface area contributed by atoms with E-state index >= 15 is 0 Å². The molecule has 2 atom stereocenters. The SMILES string of the molecule is CCCC(C(=O)NN)N1CCCC1C. The van der Waals surface area contributed by atoms with Gasteiger partial charge in [0.1, 0.15) is 0 Å². The summed E-state index contributed by atoms with van der Waals surface area (Å²) in [4.78, 5) is 13.8. The van der Waals surface area contributed by atoms with Crippen LogP contribution in [0, 0.1) is 0 Å². The summed E-state index contributed by atoms with van der Waals surface area (Å²) in [6.07, 6.45) is 4.30. The van der Waals surface area contributed by atoms with Gasteiger partial charge in [0.2, 0.25) is 0 Å². The first-order valence-corrected chi connectivity index (χ1v) is 5.47. The van der Waals surface area contributed by atoms with Crippen molar-refractivity contribution in [2.75, 3.05) is 6.54 Å². The summed E-state index contributed by atoms with van der Waals surface area (Å²) in [5.74, 6) is 5.15. The van der Waals surface area contributed by atoms with Crippen LogP contribution in [0.25, 0.3) is 0 Å². The monoisotopic (exact) mass is 199 g/mol. The summed E-state index contributed by atoms with van der Waals surface area (Å²) in [7, 11) is 0. The van der Waals surface area contributed by atoms with Gasteiger partial charge in [-0.1, -0.05) is 13.3 Å². The summed E-state index contributed by atoms with van der Waals surface area (Å²) < 4.78 is 0. The highest BCUT2D eigenvalue weighted by molar-refractivity contribution is 5.81. The lowest BCUT2D eigenvalue weighted by molar-refractivity contribution is -0.127. The quantitative estimate of drug-likeness (QED) is 0.396. The molecule has 14 heavy (non-hydrogen) atoms. The predicted octanol–water partition coefficient (Wildman–Crippen LogP) is 0.629. The molecular formula is C10H21N3O. The van der Waals surface area contributed by atoms with E-state index in [0.29, 0.717) is 6.04 Å². The zero-order valence-corrected chi connectivity index (χ0v) is 9.12. The Morgan fingerprint density at radius 1 is 1.71 bits per heavy atom. The lowest BCUT2D eigenvalue weighted by Crippen LogP contribution is -2.50. The van der Waals surface area contributed by atoms with Crippen LogP contribution in [0.15, 0.2) is 0 Å². The Balaban J connectivity index is 2.61. The maximum atomic E-state index is 11.6. The van der Waals surface area contributed by atoms with Crippen molar-refractivity contribution >= 4 is 5.91 Å². The largest absolute Gasteiger partial charge is 0.293 e. The normalized spacial score (nSPS) is 24.9. The predicted molar refractivity (Wildman–Crippen MR) is 56.4 cm³/mol. The van der Waals surface area contributed by atoms with E-state index in [1.165, 1.54) is 12.8 Å². The van der Waals surface area contributed by atoms with Gasteiger partial charge in [0.25, 0.3) is 5.91 Å². The van der Waals surface area contributed by atoms with Crippen molar-refractivity contribution in [3.8, 4) is 0 Å². The Bertz CT molecular complexity index is 196. The molecule has 3 N–H and O–H groups in total. The number of nitrogens with two attached hydrogens (primary N) is 1. The van der Waals surface area contributed by atoms with Gasteiger partial charge in [-0.2, -0.15) is 0 Å².